The summed E-state index contributed by atoms with van der Waals surface area (Å²) < 4.78 is 1.44. The van der Waals surface area contributed by atoms with Gasteiger partial charge in [-0.25, -0.2) is 4.68 Å². The minimum atomic E-state index is -0.365. The molecule has 0 N–H and O–H groups in total. The Hall–Kier alpha value is -1.61. The van der Waals surface area contributed by atoms with E-state index in [4.69, 9.17) is 11.6 Å². The van der Waals surface area contributed by atoms with Gasteiger partial charge in [-0.1, -0.05) is 41.4 Å². The zero-order valence-corrected chi connectivity index (χ0v) is 13.7. The second-order valence-corrected chi connectivity index (χ2v) is 6.74. The predicted molar refractivity (Wildman–Crippen MR) is 87.1 cm³/mol. The molecule has 4 heteroatoms. The highest BCUT2D eigenvalue weighted by Gasteiger charge is 2.19. The van der Waals surface area contributed by atoms with E-state index in [1.807, 2.05) is 20.8 Å². The molecule has 0 saturated heterocycles. The van der Waals surface area contributed by atoms with Gasteiger partial charge in [0.2, 0.25) is 0 Å². The van der Waals surface area contributed by atoms with Gasteiger partial charge in [-0.3, -0.25) is 4.79 Å². The fraction of sp³-hybridized carbons (Fsp3) is 0.412. The van der Waals surface area contributed by atoms with Crippen LogP contribution in [0, 0.1) is 6.92 Å². The summed E-state index contributed by atoms with van der Waals surface area (Å²) >= 11 is 6.22. The number of hydrogen-bond acceptors (Lipinski definition) is 2. The summed E-state index contributed by atoms with van der Waals surface area (Å²) in [4.78, 5) is 12.3. The molecule has 3 nitrogen and oxygen atoms in total. The molecule has 1 aromatic carbocycles. The maximum atomic E-state index is 12.3. The highest BCUT2D eigenvalue weighted by Crippen LogP contribution is 2.16. The Kier molecular flexibility index (Phi) is 4.52. The number of aryl methyl sites for hydroxylation is 3. The molecule has 2 rings (SSSR count). The third-order valence-electron chi connectivity index (χ3n) is 3.43. The molecule has 0 saturated carbocycles. The Balaban J connectivity index is 2.20. The Morgan fingerprint density at radius 2 is 1.76 bits per heavy atom. The number of rotatable bonds is 3. The van der Waals surface area contributed by atoms with Crippen molar-refractivity contribution in [1.29, 1.82) is 0 Å². The molecule has 0 bridgehead atoms. The zero-order valence-electron chi connectivity index (χ0n) is 13.0. The van der Waals surface area contributed by atoms with E-state index in [2.05, 4.69) is 36.3 Å². The number of benzene rings is 1. The van der Waals surface area contributed by atoms with Crippen LogP contribution in [0.15, 0.2) is 35.3 Å². The van der Waals surface area contributed by atoms with E-state index >= 15 is 0 Å². The normalized spacial score (nSPS) is 11.7. The summed E-state index contributed by atoms with van der Waals surface area (Å²) in [6.45, 7) is 7.87. The van der Waals surface area contributed by atoms with E-state index in [0.717, 1.165) is 18.4 Å². The first-order valence-corrected chi connectivity index (χ1v) is 7.49. The zero-order chi connectivity index (χ0) is 15.6. The largest absolute Gasteiger partial charge is 0.286 e. The summed E-state index contributed by atoms with van der Waals surface area (Å²) in [5.74, 6) is 0. The van der Waals surface area contributed by atoms with E-state index < -0.39 is 0 Å². The fourth-order valence-corrected chi connectivity index (χ4v) is 2.38. The molecule has 0 aliphatic heterocycles. The van der Waals surface area contributed by atoms with Crippen molar-refractivity contribution in [2.24, 2.45) is 0 Å². The Labute approximate surface area is 130 Å². The van der Waals surface area contributed by atoms with Gasteiger partial charge in [-0.2, -0.15) is 5.10 Å². The summed E-state index contributed by atoms with van der Waals surface area (Å²) in [7, 11) is 0. The molecule has 0 aliphatic rings. The van der Waals surface area contributed by atoms with Crippen LogP contribution in [0.3, 0.4) is 0 Å². The molecule has 112 valence electrons. The first kappa shape index (κ1) is 15.8. The van der Waals surface area contributed by atoms with Gasteiger partial charge in [-0.15, -0.1) is 0 Å². The second kappa shape index (κ2) is 6.02. The summed E-state index contributed by atoms with van der Waals surface area (Å²) in [5.41, 5.74) is 2.70. The lowest BCUT2D eigenvalue weighted by Crippen LogP contribution is -2.36. The van der Waals surface area contributed by atoms with Crippen LogP contribution in [0.2, 0.25) is 5.02 Å². The summed E-state index contributed by atoms with van der Waals surface area (Å²) in [6, 6.07) is 8.39. The molecule has 1 heterocycles. The van der Waals surface area contributed by atoms with Crippen LogP contribution >= 0.6 is 11.6 Å². The standard InChI is InChI=1S/C17H21ClN2O/c1-12-5-7-13(8-6-12)9-10-14-11-19-20(17(2,3)4)16(21)15(14)18/h5-8,11H,9-10H2,1-4H3. The number of nitrogens with zero attached hydrogens (tertiary/aromatic N) is 2. The SMILES string of the molecule is Cc1ccc(CCc2cnn(C(C)(C)C)c(=O)c2Cl)cc1. The minimum Gasteiger partial charge on any atom is -0.266 e. The lowest BCUT2D eigenvalue weighted by molar-refractivity contribution is 0.337. The van der Waals surface area contributed by atoms with Crippen LogP contribution in [-0.4, -0.2) is 9.78 Å². The van der Waals surface area contributed by atoms with E-state index in [0.29, 0.717) is 0 Å². The molecule has 0 amide bonds. The lowest BCUT2D eigenvalue weighted by Gasteiger charge is -2.21. The van der Waals surface area contributed by atoms with Gasteiger partial charge in [-0.05, 0) is 51.7 Å². The maximum absolute atomic E-state index is 12.3. The molecule has 0 radical (unpaired) electrons. The molecular formula is C17H21ClN2O. The fourth-order valence-electron chi connectivity index (χ4n) is 2.15. The number of halogens is 1. The number of aromatic nitrogens is 2. The molecule has 0 aliphatic carbocycles. The highest BCUT2D eigenvalue weighted by atomic mass is 35.5. The molecule has 0 spiro atoms. The van der Waals surface area contributed by atoms with Crippen molar-refractivity contribution in [3.05, 3.63) is 62.5 Å². The Morgan fingerprint density at radius 1 is 1.14 bits per heavy atom. The van der Waals surface area contributed by atoms with Crippen molar-refractivity contribution in [3.63, 3.8) is 0 Å². The maximum Gasteiger partial charge on any atom is 0.286 e. The smallest absolute Gasteiger partial charge is 0.266 e. The van der Waals surface area contributed by atoms with Crippen molar-refractivity contribution < 1.29 is 0 Å². The van der Waals surface area contributed by atoms with Crippen molar-refractivity contribution in [2.75, 3.05) is 0 Å². The van der Waals surface area contributed by atoms with Gasteiger partial charge < -0.3 is 0 Å². The van der Waals surface area contributed by atoms with Gasteiger partial charge in [0, 0.05) is 0 Å². The van der Waals surface area contributed by atoms with Crippen LogP contribution in [0.5, 0.6) is 0 Å². The van der Waals surface area contributed by atoms with E-state index in [9.17, 15) is 4.79 Å². The Morgan fingerprint density at radius 3 is 2.33 bits per heavy atom. The second-order valence-electron chi connectivity index (χ2n) is 6.36. The van der Waals surface area contributed by atoms with Crippen molar-refractivity contribution in [3.8, 4) is 0 Å². The first-order chi connectivity index (χ1) is 9.79. The molecule has 21 heavy (non-hydrogen) atoms. The number of hydrogen-bond donors (Lipinski definition) is 0. The monoisotopic (exact) mass is 304 g/mol. The molecule has 0 atom stereocenters. The van der Waals surface area contributed by atoms with Crippen molar-refractivity contribution >= 4 is 11.6 Å². The topological polar surface area (TPSA) is 34.9 Å². The van der Waals surface area contributed by atoms with E-state index in [1.54, 1.807) is 6.20 Å². The molecule has 2 aromatic rings. The highest BCUT2D eigenvalue weighted by molar-refractivity contribution is 6.31. The van der Waals surface area contributed by atoms with E-state index in [-0.39, 0.29) is 16.1 Å². The average molecular weight is 305 g/mol. The van der Waals surface area contributed by atoms with Crippen LogP contribution in [0.1, 0.15) is 37.5 Å². The lowest BCUT2D eigenvalue weighted by atomic mass is 10.0. The molecule has 1 aromatic heterocycles. The van der Waals surface area contributed by atoms with Gasteiger partial charge in [0.25, 0.3) is 5.56 Å². The van der Waals surface area contributed by atoms with Crippen LogP contribution in [0.4, 0.5) is 0 Å². The van der Waals surface area contributed by atoms with Gasteiger partial charge in [0.1, 0.15) is 5.02 Å². The Bertz CT molecular complexity index is 681. The van der Waals surface area contributed by atoms with Crippen molar-refractivity contribution in [2.45, 2.75) is 46.1 Å². The third kappa shape index (κ3) is 3.73. The minimum absolute atomic E-state index is 0.217. The van der Waals surface area contributed by atoms with Gasteiger partial charge in [0.15, 0.2) is 0 Å². The molecular weight excluding hydrogens is 284 g/mol. The quantitative estimate of drug-likeness (QED) is 0.865. The predicted octanol–water partition coefficient (Wildman–Crippen LogP) is 3.75. The molecule has 0 fully saturated rings. The van der Waals surface area contributed by atoms with Crippen molar-refractivity contribution in [1.82, 2.24) is 9.78 Å². The summed E-state index contributed by atoms with van der Waals surface area (Å²) in [5, 5.41) is 4.54. The third-order valence-corrected chi connectivity index (χ3v) is 3.83. The van der Waals surface area contributed by atoms with Crippen LogP contribution in [0.25, 0.3) is 0 Å². The van der Waals surface area contributed by atoms with E-state index in [1.165, 1.54) is 15.8 Å². The van der Waals surface area contributed by atoms with Gasteiger partial charge >= 0.3 is 0 Å². The average Bonchev–Trinajstić information content (AvgIpc) is 2.41. The summed E-state index contributed by atoms with van der Waals surface area (Å²) in [6.07, 6.45) is 3.28. The molecule has 0 unspecified atom stereocenters. The first-order valence-electron chi connectivity index (χ1n) is 7.12. The van der Waals surface area contributed by atoms with Crippen LogP contribution < -0.4 is 5.56 Å². The van der Waals surface area contributed by atoms with Crippen LogP contribution in [-0.2, 0) is 18.4 Å². The van der Waals surface area contributed by atoms with Gasteiger partial charge in [0.05, 0.1) is 11.7 Å².